The van der Waals surface area contributed by atoms with Crippen molar-refractivity contribution in [2.45, 2.75) is 25.3 Å². The summed E-state index contributed by atoms with van der Waals surface area (Å²) in [4.78, 5) is 13.4. The van der Waals surface area contributed by atoms with Crippen molar-refractivity contribution in [1.29, 1.82) is 0 Å². The van der Waals surface area contributed by atoms with Gasteiger partial charge in [-0.2, -0.15) is 5.10 Å². The van der Waals surface area contributed by atoms with Crippen LogP contribution in [0.15, 0.2) is 83.5 Å². The fourth-order valence-electron chi connectivity index (χ4n) is 5.01. The van der Waals surface area contributed by atoms with Gasteiger partial charge in [0.25, 0.3) is 5.91 Å². The van der Waals surface area contributed by atoms with Gasteiger partial charge in [-0.1, -0.05) is 36.4 Å². The molecule has 1 saturated carbocycles. The number of benzene rings is 3. The van der Waals surface area contributed by atoms with Crippen LogP contribution in [0.3, 0.4) is 0 Å². The monoisotopic (exact) mass is 500 g/mol. The molecule has 5 rings (SSSR count). The van der Waals surface area contributed by atoms with Crippen LogP contribution in [0.4, 0.5) is 4.39 Å². The summed E-state index contributed by atoms with van der Waals surface area (Å²) in [6, 6.07) is 21.4. The van der Waals surface area contributed by atoms with Crippen molar-refractivity contribution >= 4 is 17.7 Å². The van der Waals surface area contributed by atoms with Crippen LogP contribution in [0.2, 0.25) is 0 Å². The molecule has 0 spiro atoms. The molecule has 0 saturated heterocycles. The van der Waals surface area contributed by atoms with E-state index in [-0.39, 0.29) is 30.2 Å². The highest BCUT2D eigenvalue weighted by Crippen LogP contribution is 2.44. The predicted octanol–water partition coefficient (Wildman–Crippen LogP) is 6.04. The SMILES string of the molecule is COc1ccc(/C=C2\CCCC3C2=NN(C(=O)COc2ccccc2F)C3c2ccc(OC)cc2)cc1. The summed E-state index contributed by atoms with van der Waals surface area (Å²) in [6.07, 6.45) is 4.92. The third-order valence-corrected chi connectivity index (χ3v) is 6.86. The minimum atomic E-state index is -0.506. The summed E-state index contributed by atoms with van der Waals surface area (Å²) >= 11 is 0. The highest BCUT2D eigenvalue weighted by Gasteiger charge is 2.43. The molecule has 7 heteroatoms. The standard InChI is InChI=1S/C30H29FN2O4/c1-35-23-14-10-20(11-15-23)18-22-6-5-7-25-29(22)32-33(30(25)21-12-16-24(36-2)17-13-21)28(34)19-37-27-9-4-3-8-26(27)31/h3-4,8-18,25,30H,5-7,19H2,1-2H3/b22-18+. The summed E-state index contributed by atoms with van der Waals surface area (Å²) < 4.78 is 30.2. The Labute approximate surface area is 216 Å². The van der Waals surface area contributed by atoms with Crippen LogP contribution in [0.5, 0.6) is 17.2 Å². The molecule has 2 atom stereocenters. The third-order valence-electron chi connectivity index (χ3n) is 6.86. The van der Waals surface area contributed by atoms with E-state index in [0.29, 0.717) is 0 Å². The fraction of sp³-hybridized carbons (Fsp3) is 0.267. The van der Waals surface area contributed by atoms with E-state index in [1.807, 2.05) is 48.5 Å². The number of para-hydroxylation sites is 1. The topological polar surface area (TPSA) is 60.4 Å². The molecule has 3 aromatic carbocycles. The predicted molar refractivity (Wildman–Crippen MR) is 140 cm³/mol. The van der Waals surface area contributed by atoms with Gasteiger partial charge in [0.2, 0.25) is 0 Å². The van der Waals surface area contributed by atoms with Gasteiger partial charge in [-0.05, 0) is 78.4 Å². The molecule has 0 N–H and O–H groups in total. The molecule has 1 aliphatic carbocycles. The average Bonchev–Trinajstić information content (AvgIpc) is 3.34. The van der Waals surface area contributed by atoms with Crippen LogP contribution >= 0.6 is 0 Å². The van der Waals surface area contributed by atoms with Crippen molar-refractivity contribution in [2.75, 3.05) is 20.8 Å². The summed E-state index contributed by atoms with van der Waals surface area (Å²) in [6.45, 7) is -0.311. The van der Waals surface area contributed by atoms with Gasteiger partial charge in [0.05, 0.1) is 26.0 Å². The molecule has 0 bridgehead atoms. The van der Waals surface area contributed by atoms with Crippen molar-refractivity contribution in [3.8, 4) is 17.2 Å². The number of methoxy groups -OCH3 is 2. The van der Waals surface area contributed by atoms with Crippen LogP contribution in [-0.4, -0.2) is 37.5 Å². The van der Waals surface area contributed by atoms with E-state index in [2.05, 4.69) is 6.08 Å². The van der Waals surface area contributed by atoms with Gasteiger partial charge in [-0.3, -0.25) is 4.79 Å². The highest BCUT2D eigenvalue weighted by molar-refractivity contribution is 6.08. The summed E-state index contributed by atoms with van der Waals surface area (Å²) in [5.41, 5.74) is 4.05. The molecule has 190 valence electrons. The summed E-state index contributed by atoms with van der Waals surface area (Å²) in [7, 11) is 3.27. The molecular formula is C30H29FN2O4. The molecular weight excluding hydrogens is 471 g/mol. The molecule has 3 aromatic rings. The molecule has 1 heterocycles. The number of hydrazone groups is 1. The van der Waals surface area contributed by atoms with Gasteiger partial charge < -0.3 is 14.2 Å². The Hall–Kier alpha value is -4.13. The number of allylic oxidation sites excluding steroid dienone is 1. The number of nitrogens with zero attached hydrogens (tertiary/aromatic N) is 2. The van der Waals surface area contributed by atoms with Gasteiger partial charge in [-0.15, -0.1) is 0 Å². The molecule has 0 aromatic heterocycles. The molecule has 2 aliphatic rings. The first-order valence-electron chi connectivity index (χ1n) is 12.3. The second kappa shape index (κ2) is 10.9. The van der Waals surface area contributed by atoms with Crippen LogP contribution in [-0.2, 0) is 4.79 Å². The van der Waals surface area contributed by atoms with E-state index >= 15 is 0 Å². The van der Waals surface area contributed by atoms with Crippen LogP contribution in [0.1, 0.15) is 36.4 Å². The van der Waals surface area contributed by atoms with E-state index in [1.165, 1.54) is 17.1 Å². The number of rotatable bonds is 7. The number of halogens is 1. The number of fused-ring (bicyclic) bond motifs is 1. The number of amides is 1. The van der Waals surface area contributed by atoms with Gasteiger partial charge in [0.15, 0.2) is 18.2 Å². The van der Waals surface area contributed by atoms with Crippen LogP contribution < -0.4 is 14.2 Å². The number of hydrogen-bond acceptors (Lipinski definition) is 5. The minimum absolute atomic E-state index is 0.0428. The van der Waals surface area contributed by atoms with E-state index in [1.54, 1.807) is 26.4 Å². The highest BCUT2D eigenvalue weighted by atomic mass is 19.1. The first-order valence-corrected chi connectivity index (χ1v) is 12.3. The van der Waals surface area contributed by atoms with E-state index in [4.69, 9.17) is 19.3 Å². The lowest BCUT2D eigenvalue weighted by Gasteiger charge is -2.29. The van der Waals surface area contributed by atoms with Crippen LogP contribution in [0, 0.1) is 11.7 Å². The maximum absolute atomic E-state index is 14.1. The second-order valence-electron chi connectivity index (χ2n) is 9.10. The summed E-state index contributed by atoms with van der Waals surface area (Å²) in [5, 5.41) is 6.38. The van der Waals surface area contributed by atoms with Gasteiger partial charge in [0, 0.05) is 5.92 Å². The Morgan fingerprint density at radius 1 is 1.00 bits per heavy atom. The van der Waals surface area contributed by atoms with Crippen molar-refractivity contribution in [2.24, 2.45) is 11.0 Å². The zero-order valence-electron chi connectivity index (χ0n) is 20.9. The lowest BCUT2D eigenvalue weighted by Crippen LogP contribution is -2.34. The van der Waals surface area contributed by atoms with Crippen molar-refractivity contribution in [3.05, 3.63) is 95.3 Å². The molecule has 2 unspecified atom stereocenters. The Morgan fingerprint density at radius 3 is 2.35 bits per heavy atom. The van der Waals surface area contributed by atoms with Crippen molar-refractivity contribution in [1.82, 2.24) is 5.01 Å². The summed E-state index contributed by atoms with van der Waals surface area (Å²) in [5.74, 6) is 0.800. The normalized spacial score (nSPS) is 19.8. The molecule has 1 aliphatic heterocycles. The Kier molecular flexibility index (Phi) is 7.21. The molecule has 0 radical (unpaired) electrons. The van der Waals surface area contributed by atoms with E-state index < -0.39 is 5.82 Å². The Balaban J connectivity index is 1.46. The van der Waals surface area contributed by atoms with Gasteiger partial charge >= 0.3 is 0 Å². The average molecular weight is 501 g/mol. The zero-order valence-corrected chi connectivity index (χ0v) is 20.9. The number of carbonyl (C=O) groups excluding carboxylic acids is 1. The zero-order chi connectivity index (χ0) is 25.8. The van der Waals surface area contributed by atoms with Crippen molar-refractivity contribution < 1.29 is 23.4 Å². The Bertz CT molecular complexity index is 1320. The van der Waals surface area contributed by atoms with Gasteiger partial charge in [-0.25, -0.2) is 9.40 Å². The largest absolute Gasteiger partial charge is 0.497 e. The lowest BCUT2D eigenvalue weighted by atomic mass is 9.77. The number of ether oxygens (including phenoxy) is 3. The number of hydrogen-bond donors (Lipinski definition) is 0. The van der Waals surface area contributed by atoms with Crippen LogP contribution in [0.25, 0.3) is 6.08 Å². The molecule has 1 amide bonds. The lowest BCUT2D eigenvalue weighted by molar-refractivity contribution is -0.135. The molecule has 6 nitrogen and oxygen atoms in total. The first-order chi connectivity index (χ1) is 18.1. The van der Waals surface area contributed by atoms with Crippen molar-refractivity contribution in [3.63, 3.8) is 0 Å². The maximum Gasteiger partial charge on any atom is 0.281 e. The fourth-order valence-corrected chi connectivity index (χ4v) is 5.01. The second-order valence-corrected chi connectivity index (χ2v) is 9.10. The third kappa shape index (κ3) is 5.21. The molecule has 1 fully saturated rings. The minimum Gasteiger partial charge on any atom is -0.497 e. The van der Waals surface area contributed by atoms with E-state index in [9.17, 15) is 9.18 Å². The smallest absolute Gasteiger partial charge is 0.281 e. The molecule has 37 heavy (non-hydrogen) atoms. The van der Waals surface area contributed by atoms with E-state index in [0.717, 1.165) is 53.2 Å². The maximum atomic E-state index is 14.1. The van der Waals surface area contributed by atoms with Gasteiger partial charge in [0.1, 0.15) is 11.5 Å². The number of carbonyl (C=O) groups is 1. The quantitative estimate of drug-likeness (QED) is 0.397. The first kappa shape index (κ1) is 24.6. The Morgan fingerprint density at radius 2 is 1.68 bits per heavy atom.